The van der Waals surface area contributed by atoms with Crippen LogP contribution in [0.1, 0.15) is 19.8 Å². The average Bonchev–Trinajstić information content (AvgIpc) is 2.81. The molecule has 0 spiro atoms. The van der Waals surface area contributed by atoms with E-state index in [2.05, 4.69) is 17.1 Å². The number of carboxylic acid groups (broad SMARTS) is 1. The fourth-order valence-electron chi connectivity index (χ4n) is 0.883. The van der Waals surface area contributed by atoms with Gasteiger partial charge in [-0.2, -0.15) is 0 Å². The molecule has 80 valence electrons. The molecule has 3 N–H and O–H groups in total. The molecular weight excluding hydrogens is 188 g/mol. The zero-order valence-electron chi connectivity index (χ0n) is 8.00. The van der Waals surface area contributed by atoms with Crippen molar-refractivity contribution in [1.82, 2.24) is 10.8 Å². The first-order valence-electron chi connectivity index (χ1n) is 4.39. The highest BCUT2D eigenvalue weighted by Gasteiger charge is 2.37. The number of urea groups is 1. The molecule has 0 atom stereocenters. The minimum atomic E-state index is -1.13. The topological polar surface area (TPSA) is 87.7 Å². The number of nitrogens with one attached hydrogen (secondary N) is 2. The van der Waals surface area contributed by atoms with E-state index in [-0.39, 0.29) is 5.41 Å². The second-order valence-electron chi connectivity index (χ2n) is 3.78. The highest BCUT2D eigenvalue weighted by molar-refractivity contribution is 5.73. The molecule has 14 heavy (non-hydrogen) atoms. The Morgan fingerprint density at radius 1 is 1.50 bits per heavy atom. The molecule has 1 saturated carbocycles. The second kappa shape index (κ2) is 4.28. The van der Waals surface area contributed by atoms with Crippen LogP contribution in [0.25, 0.3) is 0 Å². The summed E-state index contributed by atoms with van der Waals surface area (Å²) in [5.74, 6) is -1.13. The largest absolute Gasteiger partial charge is 0.479 e. The number of hydrogen-bond acceptors (Lipinski definition) is 3. The van der Waals surface area contributed by atoms with Crippen molar-refractivity contribution in [2.75, 3.05) is 13.2 Å². The number of rotatable bonds is 5. The summed E-state index contributed by atoms with van der Waals surface area (Å²) >= 11 is 0. The van der Waals surface area contributed by atoms with E-state index in [9.17, 15) is 9.59 Å². The first-order chi connectivity index (χ1) is 6.52. The second-order valence-corrected chi connectivity index (χ2v) is 3.78. The molecule has 0 aromatic heterocycles. The van der Waals surface area contributed by atoms with E-state index in [4.69, 9.17) is 5.11 Å². The molecule has 0 saturated heterocycles. The van der Waals surface area contributed by atoms with E-state index in [1.807, 2.05) is 5.48 Å². The molecule has 1 rings (SSSR count). The molecule has 0 aromatic rings. The van der Waals surface area contributed by atoms with E-state index in [1.165, 1.54) is 0 Å². The normalized spacial score (nSPS) is 17.2. The van der Waals surface area contributed by atoms with Gasteiger partial charge in [0.1, 0.15) is 0 Å². The SMILES string of the molecule is CC1(CNC(=O)NOCC(=O)O)CC1. The molecule has 1 aliphatic rings. The maximum Gasteiger partial charge on any atom is 0.338 e. The highest BCUT2D eigenvalue weighted by atomic mass is 16.7. The Balaban J connectivity index is 2.01. The van der Waals surface area contributed by atoms with Crippen molar-refractivity contribution >= 4 is 12.0 Å². The van der Waals surface area contributed by atoms with Crippen LogP contribution in [0.3, 0.4) is 0 Å². The van der Waals surface area contributed by atoms with Crippen LogP contribution in [-0.2, 0) is 9.63 Å². The summed E-state index contributed by atoms with van der Waals surface area (Å²) in [4.78, 5) is 25.4. The van der Waals surface area contributed by atoms with Gasteiger partial charge < -0.3 is 10.4 Å². The van der Waals surface area contributed by atoms with Crippen molar-refractivity contribution in [2.24, 2.45) is 5.41 Å². The maximum absolute atomic E-state index is 11.0. The van der Waals surface area contributed by atoms with Gasteiger partial charge in [0, 0.05) is 6.54 Å². The minimum absolute atomic E-state index is 0.226. The summed E-state index contributed by atoms with van der Waals surface area (Å²) in [6, 6.07) is -0.501. The van der Waals surface area contributed by atoms with Crippen molar-refractivity contribution in [3.05, 3.63) is 0 Å². The monoisotopic (exact) mass is 202 g/mol. The van der Waals surface area contributed by atoms with Gasteiger partial charge in [0.15, 0.2) is 6.61 Å². The van der Waals surface area contributed by atoms with Crippen molar-refractivity contribution in [2.45, 2.75) is 19.8 Å². The molecule has 0 radical (unpaired) electrons. The summed E-state index contributed by atoms with van der Waals surface area (Å²) < 4.78 is 0. The molecule has 2 amide bonds. The summed E-state index contributed by atoms with van der Waals surface area (Å²) in [5.41, 5.74) is 2.21. The third-order valence-corrected chi connectivity index (χ3v) is 2.14. The Morgan fingerprint density at radius 3 is 2.64 bits per heavy atom. The van der Waals surface area contributed by atoms with E-state index in [1.54, 1.807) is 0 Å². The zero-order valence-corrected chi connectivity index (χ0v) is 8.00. The highest BCUT2D eigenvalue weighted by Crippen LogP contribution is 2.43. The maximum atomic E-state index is 11.0. The Labute approximate surface area is 81.6 Å². The van der Waals surface area contributed by atoms with Gasteiger partial charge in [-0.3, -0.25) is 4.84 Å². The molecule has 0 unspecified atom stereocenters. The number of carbonyl (C=O) groups excluding carboxylic acids is 1. The average molecular weight is 202 g/mol. The first kappa shape index (κ1) is 10.8. The molecule has 1 fully saturated rings. The molecule has 0 bridgehead atoms. The van der Waals surface area contributed by atoms with Gasteiger partial charge in [0.25, 0.3) is 0 Å². The fraction of sp³-hybridized carbons (Fsp3) is 0.750. The lowest BCUT2D eigenvalue weighted by molar-refractivity contribution is -0.144. The van der Waals surface area contributed by atoms with Gasteiger partial charge >= 0.3 is 12.0 Å². The van der Waals surface area contributed by atoms with Crippen molar-refractivity contribution in [3.8, 4) is 0 Å². The van der Waals surface area contributed by atoms with Crippen LogP contribution in [0.4, 0.5) is 4.79 Å². The zero-order chi connectivity index (χ0) is 10.6. The Hall–Kier alpha value is -1.30. The number of carboxylic acids is 1. The van der Waals surface area contributed by atoms with Crippen LogP contribution in [0.2, 0.25) is 0 Å². The summed E-state index contributed by atoms with van der Waals surface area (Å²) in [6.07, 6.45) is 2.23. The van der Waals surface area contributed by atoms with Gasteiger partial charge in [-0.25, -0.2) is 15.1 Å². The number of hydrogen-bond donors (Lipinski definition) is 3. The van der Waals surface area contributed by atoms with Crippen molar-refractivity contribution < 1.29 is 19.5 Å². The predicted molar refractivity (Wildman–Crippen MR) is 47.5 cm³/mol. The lowest BCUT2D eigenvalue weighted by Crippen LogP contribution is -2.39. The summed E-state index contributed by atoms with van der Waals surface area (Å²) in [6.45, 7) is 2.13. The third-order valence-electron chi connectivity index (χ3n) is 2.14. The number of carbonyl (C=O) groups is 2. The van der Waals surface area contributed by atoms with Gasteiger partial charge in [-0.05, 0) is 18.3 Å². The number of amides is 2. The summed E-state index contributed by atoms with van der Waals surface area (Å²) in [7, 11) is 0. The Kier molecular flexibility index (Phi) is 3.29. The fourth-order valence-corrected chi connectivity index (χ4v) is 0.883. The lowest BCUT2D eigenvalue weighted by Gasteiger charge is -2.10. The summed E-state index contributed by atoms with van der Waals surface area (Å²) in [5, 5.41) is 10.8. The Bertz CT molecular complexity index is 237. The lowest BCUT2D eigenvalue weighted by atomic mass is 10.1. The number of aliphatic carboxylic acids is 1. The molecule has 6 heteroatoms. The van der Waals surface area contributed by atoms with Crippen LogP contribution in [0, 0.1) is 5.41 Å². The van der Waals surface area contributed by atoms with Gasteiger partial charge in [-0.15, -0.1) is 0 Å². The molecule has 6 nitrogen and oxygen atoms in total. The van der Waals surface area contributed by atoms with E-state index in [0.29, 0.717) is 6.54 Å². The van der Waals surface area contributed by atoms with Gasteiger partial charge in [0.05, 0.1) is 0 Å². The van der Waals surface area contributed by atoms with Crippen LogP contribution in [-0.4, -0.2) is 30.3 Å². The van der Waals surface area contributed by atoms with Crippen molar-refractivity contribution in [3.63, 3.8) is 0 Å². The third kappa shape index (κ3) is 4.08. The number of hydroxylamine groups is 1. The smallest absolute Gasteiger partial charge is 0.338 e. The van der Waals surface area contributed by atoms with Crippen LogP contribution in [0.15, 0.2) is 0 Å². The van der Waals surface area contributed by atoms with Crippen LogP contribution in [0.5, 0.6) is 0 Å². The van der Waals surface area contributed by atoms with Crippen LogP contribution >= 0.6 is 0 Å². The molecule has 0 aliphatic heterocycles. The quantitative estimate of drug-likeness (QED) is 0.552. The van der Waals surface area contributed by atoms with Crippen molar-refractivity contribution in [1.29, 1.82) is 0 Å². The van der Waals surface area contributed by atoms with Crippen LogP contribution < -0.4 is 10.8 Å². The molecule has 0 heterocycles. The molecular formula is C8H14N2O4. The van der Waals surface area contributed by atoms with Gasteiger partial charge in [0.2, 0.25) is 0 Å². The van der Waals surface area contributed by atoms with E-state index < -0.39 is 18.6 Å². The molecule has 1 aliphatic carbocycles. The minimum Gasteiger partial charge on any atom is -0.479 e. The van der Waals surface area contributed by atoms with E-state index >= 15 is 0 Å². The predicted octanol–water partition coefficient (Wildman–Crippen LogP) is 0.102. The Morgan fingerprint density at radius 2 is 2.14 bits per heavy atom. The van der Waals surface area contributed by atoms with Gasteiger partial charge in [-0.1, -0.05) is 6.92 Å². The first-order valence-corrected chi connectivity index (χ1v) is 4.39. The standard InChI is InChI=1S/C8H14N2O4/c1-8(2-3-8)5-9-7(13)10-14-4-6(11)12/h2-5H2,1H3,(H,11,12)(H2,9,10,13). The molecule has 0 aromatic carbocycles. The van der Waals surface area contributed by atoms with E-state index in [0.717, 1.165) is 12.8 Å².